The average Bonchev–Trinajstić information content (AvgIpc) is 2.65. The Morgan fingerprint density at radius 3 is 3.08 bits per heavy atom. The van der Waals surface area contributed by atoms with Crippen LogP contribution in [0.5, 0.6) is 0 Å². The number of carbonyl (C=O) groups excluding carboxylic acids is 1. The standard InChI is InChI=1S/C7H13N5O/c1-8-3-4-12(2)7(13)6-9-5-10-11-6/h5,8H,3-4H2,1-2H3,(H,9,10,11). The molecule has 1 aromatic heterocycles. The van der Waals surface area contributed by atoms with E-state index >= 15 is 0 Å². The number of nitrogens with one attached hydrogen (secondary N) is 2. The molecule has 0 aliphatic rings. The average molecular weight is 183 g/mol. The van der Waals surface area contributed by atoms with Gasteiger partial charge in [-0.3, -0.25) is 9.89 Å². The maximum Gasteiger partial charge on any atom is 0.290 e. The quantitative estimate of drug-likeness (QED) is 0.634. The lowest BCUT2D eigenvalue weighted by atomic mass is 10.4. The van der Waals surface area contributed by atoms with E-state index in [1.54, 1.807) is 11.9 Å². The predicted molar refractivity (Wildman–Crippen MR) is 47.3 cm³/mol. The molecule has 0 spiro atoms. The van der Waals surface area contributed by atoms with Gasteiger partial charge in [-0.05, 0) is 7.05 Å². The second-order valence-electron chi connectivity index (χ2n) is 2.66. The van der Waals surface area contributed by atoms with Gasteiger partial charge in [-0.1, -0.05) is 0 Å². The largest absolute Gasteiger partial charge is 0.338 e. The third-order valence-electron chi connectivity index (χ3n) is 1.66. The van der Waals surface area contributed by atoms with Crippen LogP contribution in [0, 0.1) is 0 Å². The number of aromatic nitrogens is 3. The van der Waals surface area contributed by atoms with Crippen molar-refractivity contribution in [3.63, 3.8) is 0 Å². The van der Waals surface area contributed by atoms with E-state index in [9.17, 15) is 4.79 Å². The van der Waals surface area contributed by atoms with Crippen molar-refractivity contribution in [1.29, 1.82) is 0 Å². The van der Waals surface area contributed by atoms with E-state index in [0.29, 0.717) is 6.54 Å². The van der Waals surface area contributed by atoms with Gasteiger partial charge in [0.25, 0.3) is 5.91 Å². The number of H-pyrrole nitrogens is 1. The first kappa shape index (κ1) is 9.66. The molecule has 72 valence electrons. The van der Waals surface area contributed by atoms with Crippen LogP contribution in [0.15, 0.2) is 6.33 Å². The monoisotopic (exact) mass is 183 g/mol. The molecule has 1 aromatic rings. The van der Waals surface area contributed by atoms with Gasteiger partial charge in [0.2, 0.25) is 5.82 Å². The molecule has 0 fully saturated rings. The van der Waals surface area contributed by atoms with Crippen molar-refractivity contribution in [2.75, 3.05) is 27.2 Å². The highest BCUT2D eigenvalue weighted by Gasteiger charge is 2.12. The maximum atomic E-state index is 11.5. The molecule has 0 bridgehead atoms. The molecular weight excluding hydrogens is 170 g/mol. The second-order valence-corrected chi connectivity index (χ2v) is 2.66. The highest BCUT2D eigenvalue weighted by Crippen LogP contribution is 1.93. The van der Waals surface area contributed by atoms with E-state index in [0.717, 1.165) is 6.54 Å². The lowest BCUT2D eigenvalue weighted by Crippen LogP contribution is -2.33. The molecule has 13 heavy (non-hydrogen) atoms. The Morgan fingerprint density at radius 1 is 1.77 bits per heavy atom. The van der Waals surface area contributed by atoms with Crippen molar-refractivity contribution in [3.8, 4) is 0 Å². The van der Waals surface area contributed by atoms with Crippen LogP contribution >= 0.6 is 0 Å². The number of rotatable bonds is 4. The van der Waals surface area contributed by atoms with Gasteiger partial charge >= 0.3 is 0 Å². The molecule has 0 radical (unpaired) electrons. The van der Waals surface area contributed by atoms with Gasteiger partial charge in [-0.25, -0.2) is 4.98 Å². The van der Waals surface area contributed by atoms with E-state index in [4.69, 9.17) is 0 Å². The molecule has 0 saturated carbocycles. The minimum atomic E-state index is -0.146. The molecule has 1 rings (SSSR count). The van der Waals surface area contributed by atoms with E-state index in [1.165, 1.54) is 6.33 Å². The van der Waals surface area contributed by atoms with Crippen LogP contribution in [0.1, 0.15) is 10.6 Å². The summed E-state index contributed by atoms with van der Waals surface area (Å²) in [6, 6.07) is 0. The molecule has 0 aliphatic carbocycles. The van der Waals surface area contributed by atoms with Crippen LogP contribution in [0.4, 0.5) is 0 Å². The smallest absolute Gasteiger partial charge is 0.290 e. The summed E-state index contributed by atoms with van der Waals surface area (Å²) in [5.41, 5.74) is 0. The molecule has 2 N–H and O–H groups in total. The Hall–Kier alpha value is -1.43. The van der Waals surface area contributed by atoms with Gasteiger partial charge < -0.3 is 10.2 Å². The maximum absolute atomic E-state index is 11.5. The number of likely N-dealkylation sites (N-methyl/N-ethyl adjacent to an activating group) is 2. The predicted octanol–water partition coefficient (Wildman–Crippen LogP) is -0.904. The fourth-order valence-electron chi connectivity index (χ4n) is 0.870. The minimum absolute atomic E-state index is 0.146. The molecule has 0 saturated heterocycles. The van der Waals surface area contributed by atoms with E-state index in [1.807, 2.05) is 7.05 Å². The Morgan fingerprint density at radius 2 is 2.54 bits per heavy atom. The molecule has 6 heteroatoms. The molecule has 1 heterocycles. The number of amides is 1. The number of aromatic amines is 1. The van der Waals surface area contributed by atoms with Crippen molar-refractivity contribution >= 4 is 5.91 Å². The summed E-state index contributed by atoms with van der Waals surface area (Å²) in [5, 5.41) is 9.09. The highest BCUT2D eigenvalue weighted by molar-refractivity contribution is 5.90. The third-order valence-corrected chi connectivity index (χ3v) is 1.66. The van der Waals surface area contributed by atoms with Crippen molar-refractivity contribution in [1.82, 2.24) is 25.4 Å². The zero-order valence-corrected chi connectivity index (χ0v) is 7.74. The Bertz CT molecular complexity index is 258. The van der Waals surface area contributed by atoms with Crippen LogP contribution in [-0.2, 0) is 0 Å². The van der Waals surface area contributed by atoms with Crippen LogP contribution in [-0.4, -0.2) is 53.2 Å². The first-order chi connectivity index (χ1) is 6.25. The van der Waals surface area contributed by atoms with Crippen molar-refractivity contribution in [3.05, 3.63) is 12.2 Å². The summed E-state index contributed by atoms with van der Waals surface area (Å²) >= 11 is 0. The fourth-order valence-corrected chi connectivity index (χ4v) is 0.870. The first-order valence-electron chi connectivity index (χ1n) is 4.01. The van der Waals surface area contributed by atoms with E-state index < -0.39 is 0 Å². The molecular formula is C7H13N5O. The Labute approximate surface area is 76.3 Å². The van der Waals surface area contributed by atoms with Crippen molar-refractivity contribution in [2.24, 2.45) is 0 Å². The van der Waals surface area contributed by atoms with E-state index in [2.05, 4.69) is 20.5 Å². The lowest BCUT2D eigenvalue weighted by molar-refractivity contribution is 0.0785. The summed E-state index contributed by atoms with van der Waals surface area (Å²) in [6.07, 6.45) is 1.32. The first-order valence-corrected chi connectivity index (χ1v) is 4.01. The molecule has 6 nitrogen and oxygen atoms in total. The number of nitrogens with zero attached hydrogens (tertiary/aromatic N) is 3. The molecule has 0 aromatic carbocycles. The molecule has 0 unspecified atom stereocenters. The van der Waals surface area contributed by atoms with Gasteiger partial charge in [-0.2, -0.15) is 5.10 Å². The van der Waals surface area contributed by atoms with Gasteiger partial charge in [0.15, 0.2) is 0 Å². The molecule has 1 amide bonds. The van der Waals surface area contributed by atoms with Gasteiger partial charge in [0, 0.05) is 20.1 Å². The SMILES string of the molecule is CNCCN(C)C(=O)c1ncn[nH]1. The van der Waals surface area contributed by atoms with Crippen LogP contribution in [0.3, 0.4) is 0 Å². The summed E-state index contributed by atoms with van der Waals surface area (Å²) < 4.78 is 0. The van der Waals surface area contributed by atoms with Crippen LogP contribution in [0.25, 0.3) is 0 Å². The van der Waals surface area contributed by atoms with Gasteiger partial charge in [0.05, 0.1) is 0 Å². The Kier molecular flexibility index (Phi) is 3.39. The van der Waals surface area contributed by atoms with E-state index in [-0.39, 0.29) is 11.7 Å². The van der Waals surface area contributed by atoms with Crippen molar-refractivity contribution < 1.29 is 4.79 Å². The fraction of sp³-hybridized carbons (Fsp3) is 0.571. The summed E-state index contributed by atoms with van der Waals surface area (Å²) in [6.45, 7) is 1.41. The number of carbonyl (C=O) groups is 1. The summed E-state index contributed by atoms with van der Waals surface area (Å²) in [7, 11) is 3.56. The topological polar surface area (TPSA) is 73.9 Å². The van der Waals surface area contributed by atoms with Crippen molar-refractivity contribution in [2.45, 2.75) is 0 Å². The van der Waals surface area contributed by atoms with Gasteiger partial charge in [0.1, 0.15) is 6.33 Å². The summed E-state index contributed by atoms with van der Waals surface area (Å²) in [5.74, 6) is 0.131. The summed E-state index contributed by atoms with van der Waals surface area (Å²) in [4.78, 5) is 16.8. The van der Waals surface area contributed by atoms with Crippen LogP contribution in [0.2, 0.25) is 0 Å². The zero-order chi connectivity index (χ0) is 9.68. The van der Waals surface area contributed by atoms with Gasteiger partial charge in [-0.15, -0.1) is 0 Å². The van der Waals surface area contributed by atoms with Crippen LogP contribution < -0.4 is 5.32 Å². The zero-order valence-electron chi connectivity index (χ0n) is 7.74. The number of hydrogen-bond donors (Lipinski definition) is 2. The molecule has 0 atom stereocenters. The number of hydrogen-bond acceptors (Lipinski definition) is 4. The highest BCUT2D eigenvalue weighted by atomic mass is 16.2. The Balaban J connectivity index is 2.48. The normalized spacial score (nSPS) is 10.0. The third kappa shape index (κ3) is 2.51. The minimum Gasteiger partial charge on any atom is -0.338 e. The molecule has 0 aliphatic heterocycles. The lowest BCUT2D eigenvalue weighted by Gasteiger charge is -2.14. The second kappa shape index (κ2) is 4.56.